The van der Waals surface area contributed by atoms with E-state index in [9.17, 15) is 4.79 Å². The third-order valence-corrected chi connectivity index (χ3v) is 7.95. The van der Waals surface area contributed by atoms with Crippen LogP contribution in [0.5, 0.6) is 11.5 Å². The average Bonchev–Trinajstić information content (AvgIpc) is 3.31. The maximum absolute atomic E-state index is 13.6. The van der Waals surface area contributed by atoms with Gasteiger partial charge in [-0.1, -0.05) is 23.7 Å². The summed E-state index contributed by atoms with van der Waals surface area (Å²) in [6.07, 6.45) is 1.51. The van der Waals surface area contributed by atoms with Crippen molar-refractivity contribution in [1.29, 1.82) is 0 Å². The summed E-state index contributed by atoms with van der Waals surface area (Å²) in [5, 5.41) is 6.37. The van der Waals surface area contributed by atoms with Crippen molar-refractivity contribution in [2.75, 3.05) is 6.61 Å². The summed E-state index contributed by atoms with van der Waals surface area (Å²) in [6.45, 7) is 6.24. The van der Waals surface area contributed by atoms with E-state index in [2.05, 4.69) is 37.0 Å². The van der Waals surface area contributed by atoms with Crippen molar-refractivity contribution in [3.63, 3.8) is 0 Å². The van der Waals surface area contributed by atoms with E-state index in [0.717, 1.165) is 5.39 Å². The minimum absolute atomic E-state index is 0.0552. The first-order chi connectivity index (χ1) is 18.3. The molecule has 0 radical (unpaired) electrons. The van der Waals surface area contributed by atoms with E-state index in [4.69, 9.17) is 30.5 Å². The molecule has 2 heterocycles. The number of furan rings is 1. The highest BCUT2D eigenvalue weighted by atomic mass is 79.9. The van der Waals surface area contributed by atoms with Crippen LogP contribution >= 0.6 is 43.5 Å². The smallest absolute Gasteiger partial charge is 0.282 e. The molecular formula is C28H22Br2ClN3O4. The molecule has 194 valence electrons. The number of halogens is 3. The van der Waals surface area contributed by atoms with Crippen LogP contribution in [0.1, 0.15) is 26.3 Å². The second-order valence-electron chi connectivity index (χ2n) is 8.63. The van der Waals surface area contributed by atoms with E-state index in [-0.39, 0.29) is 17.5 Å². The van der Waals surface area contributed by atoms with Gasteiger partial charge < -0.3 is 13.9 Å². The van der Waals surface area contributed by atoms with Crippen LogP contribution in [0, 0.1) is 0 Å². The number of benzene rings is 3. The fraction of sp³-hybridized carbons (Fsp3) is 0.179. The van der Waals surface area contributed by atoms with Crippen LogP contribution in [0.4, 0.5) is 0 Å². The number of para-hydroxylation sites is 1. The molecule has 0 N–H and O–H groups in total. The van der Waals surface area contributed by atoms with Crippen molar-refractivity contribution in [2.45, 2.75) is 26.9 Å². The number of rotatable bonds is 7. The Bertz CT molecular complexity index is 1760. The lowest BCUT2D eigenvalue weighted by atomic mass is 10.2. The normalized spacial score (nSPS) is 11.8. The number of fused-ring (bicyclic) bond motifs is 2. The van der Waals surface area contributed by atoms with Crippen molar-refractivity contribution in [1.82, 2.24) is 9.66 Å². The van der Waals surface area contributed by atoms with Gasteiger partial charge in [-0.2, -0.15) is 9.78 Å². The summed E-state index contributed by atoms with van der Waals surface area (Å²) in [6, 6.07) is 16.0. The third-order valence-electron chi connectivity index (χ3n) is 5.57. The number of hydrogen-bond donors (Lipinski definition) is 0. The minimum Gasteiger partial charge on any atom is -0.490 e. The Morgan fingerprint density at radius 3 is 2.68 bits per heavy atom. The molecule has 10 heteroatoms. The second kappa shape index (κ2) is 10.9. The van der Waals surface area contributed by atoms with Gasteiger partial charge in [0.1, 0.15) is 5.58 Å². The predicted octanol–water partition coefficient (Wildman–Crippen LogP) is 8.06. The molecule has 0 atom stereocenters. The zero-order valence-corrected chi connectivity index (χ0v) is 24.6. The summed E-state index contributed by atoms with van der Waals surface area (Å²) in [5.74, 6) is 1.78. The number of ether oxygens (including phenoxy) is 2. The molecule has 0 spiro atoms. The fourth-order valence-corrected chi connectivity index (χ4v) is 5.04. The third kappa shape index (κ3) is 5.10. The molecular weight excluding hydrogens is 638 g/mol. The Morgan fingerprint density at radius 1 is 1.13 bits per heavy atom. The SMILES string of the molecule is CCOc1cc(C=Nn2c(-c3cc4cc(Cl)ccc4o3)nc3ccccc3c2=O)c(Br)c(Br)c1OC(C)C. The highest BCUT2D eigenvalue weighted by Crippen LogP contribution is 2.43. The molecule has 0 aliphatic carbocycles. The van der Waals surface area contributed by atoms with Crippen molar-refractivity contribution >= 4 is 71.5 Å². The van der Waals surface area contributed by atoms with E-state index in [0.29, 0.717) is 59.9 Å². The van der Waals surface area contributed by atoms with Crippen molar-refractivity contribution in [2.24, 2.45) is 5.10 Å². The van der Waals surface area contributed by atoms with Gasteiger partial charge >= 0.3 is 0 Å². The van der Waals surface area contributed by atoms with E-state index < -0.39 is 0 Å². The maximum atomic E-state index is 13.6. The Morgan fingerprint density at radius 2 is 1.92 bits per heavy atom. The van der Waals surface area contributed by atoms with E-state index in [1.165, 1.54) is 4.68 Å². The molecule has 0 amide bonds. The van der Waals surface area contributed by atoms with Crippen LogP contribution in [0.25, 0.3) is 33.5 Å². The summed E-state index contributed by atoms with van der Waals surface area (Å²) >= 11 is 13.4. The number of hydrogen-bond acceptors (Lipinski definition) is 6. The Balaban J connectivity index is 1.69. The van der Waals surface area contributed by atoms with Gasteiger partial charge in [0.05, 0.1) is 34.3 Å². The van der Waals surface area contributed by atoms with Gasteiger partial charge in [0, 0.05) is 20.4 Å². The molecule has 0 aliphatic rings. The Hall–Kier alpha value is -3.14. The summed E-state index contributed by atoms with van der Waals surface area (Å²) in [5.41, 5.74) is 1.49. The number of aromatic nitrogens is 2. The van der Waals surface area contributed by atoms with E-state index >= 15 is 0 Å². The van der Waals surface area contributed by atoms with Crippen LogP contribution in [-0.2, 0) is 0 Å². The zero-order chi connectivity index (χ0) is 27.0. The number of nitrogens with zero attached hydrogens (tertiary/aromatic N) is 3. The molecule has 5 rings (SSSR count). The topological polar surface area (TPSA) is 78.9 Å². The van der Waals surface area contributed by atoms with Gasteiger partial charge in [-0.25, -0.2) is 4.98 Å². The van der Waals surface area contributed by atoms with Crippen LogP contribution in [0.3, 0.4) is 0 Å². The van der Waals surface area contributed by atoms with Gasteiger partial charge in [-0.05, 0) is 95.1 Å². The lowest BCUT2D eigenvalue weighted by molar-refractivity contribution is 0.222. The fourth-order valence-electron chi connectivity index (χ4n) is 3.94. The highest BCUT2D eigenvalue weighted by Gasteiger charge is 2.20. The van der Waals surface area contributed by atoms with E-state index in [1.54, 1.807) is 48.7 Å². The first-order valence-electron chi connectivity index (χ1n) is 11.8. The average molecular weight is 660 g/mol. The van der Waals surface area contributed by atoms with E-state index in [1.807, 2.05) is 32.9 Å². The molecule has 5 aromatic rings. The molecule has 0 bridgehead atoms. The second-order valence-corrected chi connectivity index (χ2v) is 10.6. The molecule has 0 fully saturated rings. The van der Waals surface area contributed by atoms with Gasteiger partial charge in [0.25, 0.3) is 5.56 Å². The predicted molar refractivity (Wildman–Crippen MR) is 158 cm³/mol. The lowest BCUT2D eigenvalue weighted by Crippen LogP contribution is -2.20. The molecule has 7 nitrogen and oxygen atoms in total. The van der Waals surface area contributed by atoms with Gasteiger partial charge in [-0.3, -0.25) is 4.79 Å². The van der Waals surface area contributed by atoms with Gasteiger partial charge in [0.2, 0.25) is 5.82 Å². The molecule has 0 saturated heterocycles. The molecule has 0 aliphatic heterocycles. The van der Waals surface area contributed by atoms with Crippen LogP contribution in [0.15, 0.2) is 77.9 Å². The molecule has 38 heavy (non-hydrogen) atoms. The van der Waals surface area contributed by atoms with Gasteiger partial charge in [-0.15, -0.1) is 0 Å². The van der Waals surface area contributed by atoms with Crippen LogP contribution < -0.4 is 15.0 Å². The first kappa shape index (κ1) is 26.5. The monoisotopic (exact) mass is 657 g/mol. The standard InChI is InChI=1S/C28H22Br2ClN3O4/c1-4-36-22-13-17(24(29)25(30)26(22)37-15(2)3)14-32-34-27(33-20-8-6-5-7-19(20)28(34)35)23-12-16-11-18(31)9-10-21(16)38-23/h5-15H,4H2,1-3H3. The maximum Gasteiger partial charge on any atom is 0.282 e. The quantitative estimate of drug-likeness (QED) is 0.165. The summed E-state index contributed by atoms with van der Waals surface area (Å²) < 4.78 is 20.5. The molecule has 2 aromatic heterocycles. The van der Waals surface area contributed by atoms with Crippen LogP contribution in [-0.4, -0.2) is 28.6 Å². The van der Waals surface area contributed by atoms with Crippen molar-refractivity contribution < 1.29 is 13.9 Å². The summed E-state index contributed by atoms with van der Waals surface area (Å²) in [4.78, 5) is 18.3. The van der Waals surface area contributed by atoms with Crippen LogP contribution in [0.2, 0.25) is 5.02 Å². The largest absolute Gasteiger partial charge is 0.490 e. The first-order valence-corrected chi connectivity index (χ1v) is 13.8. The molecule has 3 aromatic carbocycles. The summed E-state index contributed by atoms with van der Waals surface area (Å²) in [7, 11) is 0. The minimum atomic E-state index is -0.333. The molecule has 0 saturated carbocycles. The molecule has 0 unspecified atom stereocenters. The van der Waals surface area contributed by atoms with Crippen molar-refractivity contribution in [3.8, 4) is 23.1 Å². The highest BCUT2D eigenvalue weighted by molar-refractivity contribution is 9.13. The van der Waals surface area contributed by atoms with Gasteiger partial charge in [0.15, 0.2) is 17.3 Å². The zero-order valence-electron chi connectivity index (χ0n) is 20.7. The Kier molecular flexibility index (Phi) is 7.61. The van der Waals surface area contributed by atoms with Crippen molar-refractivity contribution in [3.05, 3.63) is 84.5 Å². The lowest BCUT2D eigenvalue weighted by Gasteiger charge is -2.18. The Labute approximate surface area is 240 Å².